The maximum Gasteiger partial charge on any atom is 0.288 e. The van der Waals surface area contributed by atoms with Crippen LogP contribution >= 0.6 is 34.7 Å². The van der Waals surface area contributed by atoms with Gasteiger partial charge < -0.3 is 5.32 Å². The minimum atomic E-state index is -2.38. The summed E-state index contributed by atoms with van der Waals surface area (Å²) in [5.41, 5.74) is 0.899. The second kappa shape index (κ2) is 6.59. The minimum Gasteiger partial charge on any atom is -0.378 e. The molecule has 0 spiro atoms. The van der Waals surface area contributed by atoms with E-state index in [0.29, 0.717) is 16.7 Å². The molecule has 1 N–H and O–H groups in total. The van der Waals surface area contributed by atoms with Crippen molar-refractivity contribution < 1.29 is 8.78 Å². The summed E-state index contributed by atoms with van der Waals surface area (Å²) < 4.78 is 25.1. The molecule has 1 aromatic heterocycles. The van der Waals surface area contributed by atoms with Gasteiger partial charge in [0.25, 0.3) is 5.76 Å². The molecule has 0 amide bonds. The molecule has 1 nitrogen and oxygen atoms in total. The van der Waals surface area contributed by atoms with Crippen LogP contribution in [0.2, 0.25) is 4.34 Å². The fourth-order valence-corrected chi connectivity index (χ4v) is 3.18. The summed E-state index contributed by atoms with van der Waals surface area (Å²) >= 11 is 7.97. The molecule has 0 fully saturated rings. The number of benzene rings is 1. The second-order valence-corrected chi connectivity index (χ2v) is 6.72. The lowest BCUT2D eigenvalue weighted by Crippen LogP contribution is -2.04. The smallest absolute Gasteiger partial charge is 0.288 e. The van der Waals surface area contributed by atoms with Crippen LogP contribution in [-0.2, 0) is 0 Å². The zero-order valence-electron chi connectivity index (χ0n) is 10.1. The Morgan fingerprint density at radius 3 is 2.37 bits per heavy atom. The molecule has 0 aliphatic carbocycles. The van der Waals surface area contributed by atoms with Crippen molar-refractivity contribution in [2.45, 2.75) is 23.6 Å². The van der Waals surface area contributed by atoms with E-state index in [1.165, 1.54) is 11.3 Å². The molecule has 6 heteroatoms. The maximum atomic E-state index is 12.2. The van der Waals surface area contributed by atoms with Crippen LogP contribution in [-0.4, -0.2) is 5.76 Å². The molecule has 0 radical (unpaired) electrons. The number of thioether (sulfide) groups is 1. The molecule has 102 valence electrons. The first-order valence-electron chi connectivity index (χ1n) is 5.61. The average molecular weight is 320 g/mol. The summed E-state index contributed by atoms with van der Waals surface area (Å²) in [5.74, 6) is -2.38. The molecule has 1 aromatic carbocycles. The summed E-state index contributed by atoms with van der Waals surface area (Å²) in [4.78, 5) is 1.70. The highest BCUT2D eigenvalue weighted by atomic mass is 35.5. The van der Waals surface area contributed by atoms with Crippen molar-refractivity contribution in [3.8, 4) is 0 Å². The zero-order valence-corrected chi connectivity index (χ0v) is 12.5. The van der Waals surface area contributed by atoms with Crippen LogP contribution in [0.15, 0.2) is 41.3 Å². The number of rotatable bonds is 5. The summed E-state index contributed by atoms with van der Waals surface area (Å²) in [6, 6.07) is 11.0. The fraction of sp³-hybridized carbons (Fsp3) is 0.231. The minimum absolute atomic E-state index is 0.131. The van der Waals surface area contributed by atoms with Gasteiger partial charge in [0.15, 0.2) is 0 Å². The van der Waals surface area contributed by atoms with E-state index in [4.69, 9.17) is 11.6 Å². The van der Waals surface area contributed by atoms with Crippen LogP contribution in [0.1, 0.15) is 17.8 Å². The second-order valence-electron chi connectivity index (χ2n) is 3.91. The van der Waals surface area contributed by atoms with Crippen molar-refractivity contribution in [3.05, 3.63) is 45.6 Å². The number of hydrogen-bond acceptors (Lipinski definition) is 3. The molecule has 0 saturated carbocycles. The van der Waals surface area contributed by atoms with E-state index in [-0.39, 0.29) is 6.04 Å². The van der Waals surface area contributed by atoms with Gasteiger partial charge in [-0.15, -0.1) is 11.3 Å². The third-order valence-corrected chi connectivity index (χ3v) is 4.62. The normalized spacial score (nSPS) is 12.7. The number of halogens is 3. The summed E-state index contributed by atoms with van der Waals surface area (Å²) in [6.07, 6.45) is 0. The van der Waals surface area contributed by atoms with Gasteiger partial charge in [-0.25, -0.2) is 0 Å². The van der Waals surface area contributed by atoms with Crippen LogP contribution in [0.4, 0.5) is 14.5 Å². The van der Waals surface area contributed by atoms with Gasteiger partial charge in [-0.05, 0) is 43.3 Å². The zero-order chi connectivity index (χ0) is 13.8. The predicted octanol–water partition coefficient (Wildman–Crippen LogP) is 5.89. The fourth-order valence-electron chi connectivity index (χ4n) is 1.61. The lowest BCUT2D eigenvalue weighted by Gasteiger charge is -2.14. The molecular weight excluding hydrogens is 308 g/mol. The van der Waals surface area contributed by atoms with Gasteiger partial charge in [-0.3, -0.25) is 0 Å². The highest BCUT2D eigenvalue weighted by molar-refractivity contribution is 7.99. The quantitative estimate of drug-likeness (QED) is 0.690. The van der Waals surface area contributed by atoms with Crippen molar-refractivity contribution in [1.29, 1.82) is 0 Å². The van der Waals surface area contributed by atoms with Crippen molar-refractivity contribution in [2.24, 2.45) is 0 Å². The first-order valence-corrected chi connectivity index (χ1v) is 7.68. The van der Waals surface area contributed by atoms with Gasteiger partial charge in [-0.2, -0.15) is 8.78 Å². The van der Waals surface area contributed by atoms with Gasteiger partial charge in [0.1, 0.15) is 0 Å². The van der Waals surface area contributed by atoms with Crippen LogP contribution < -0.4 is 5.32 Å². The van der Waals surface area contributed by atoms with Crippen LogP contribution in [0.25, 0.3) is 0 Å². The van der Waals surface area contributed by atoms with Crippen molar-refractivity contribution in [1.82, 2.24) is 0 Å². The number of hydrogen-bond donors (Lipinski definition) is 1. The van der Waals surface area contributed by atoms with Gasteiger partial charge in [-0.1, -0.05) is 23.4 Å². The average Bonchev–Trinajstić information content (AvgIpc) is 2.78. The Kier molecular flexibility index (Phi) is 5.07. The topological polar surface area (TPSA) is 12.0 Å². The Bertz CT molecular complexity index is 528. The first kappa shape index (κ1) is 14.6. The SMILES string of the molecule is CC(Nc1ccc(SC(F)F)cc1)c1ccc(Cl)s1. The third-order valence-electron chi connectivity index (χ3n) is 2.48. The Morgan fingerprint density at radius 1 is 1.16 bits per heavy atom. The number of alkyl halides is 2. The van der Waals surface area contributed by atoms with Crippen LogP contribution in [0, 0.1) is 0 Å². The van der Waals surface area contributed by atoms with Gasteiger partial charge in [0, 0.05) is 15.5 Å². The van der Waals surface area contributed by atoms with Crippen molar-refractivity contribution in [3.63, 3.8) is 0 Å². The number of thiophene rings is 1. The van der Waals surface area contributed by atoms with Gasteiger partial charge >= 0.3 is 0 Å². The third kappa shape index (κ3) is 4.37. The van der Waals surface area contributed by atoms with E-state index in [0.717, 1.165) is 14.9 Å². The predicted molar refractivity (Wildman–Crippen MR) is 79.7 cm³/mol. The highest BCUT2D eigenvalue weighted by Gasteiger charge is 2.09. The first-order chi connectivity index (χ1) is 9.04. The lowest BCUT2D eigenvalue weighted by molar-refractivity contribution is 0.252. The van der Waals surface area contributed by atoms with Crippen molar-refractivity contribution in [2.75, 3.05) is 5.32 Å². The van der Waals surface area contributed by atoms with Crippen LogP contribution in [0.5, 0.6) is 0 Å². The van der Waals surface area contributed by atoms with E-state index < -0.39 is 5.76 Å². The van der Waals surface area contributed by atoms with E-state index >= 15 is 0 Å². The molecule has 0 aliphatic rings. The van der Waals surface area contributed by atoms with E-state index in [9.17, 15) is 8.78 Å². The monoisotopic (exact) mass is 319 g/mol. The maximum absolute atomic E-state index is 12.2. The molecule has 1 atom stereocenters. The summed E-state index contributed by atoms with van der Waals surface area (Å²) in [6.45, 7) is 2.03. The Labute approximate surface area is 124 Å². The molecule has 2 aromatic rings. The molecule has 0 aliphatic heterocycles. The number of anilines is 1. The highest BCUT2D eigenvalue weighted by Crippen LogP contribution is 2.30. The molecule has 2 rings (SSSR count). The van der Waals surface area contributed by atoms with Gasteiger partial charge in [0.05, 0.1) is 10.4 Å². The van der Waals surface area contributed by atoms with E-state index in [1.54, 1.807) is 24.3 Å². The molecular formula is C13H12ClF2NS2. The Morgan fingerprint density at radius 2 is 1.84 bits per heavy atom. The largest absolute Gasteiger partial charge is 0.378 e. The molecule has 1 unspecified atom stereocenters. The molecule has 1 heterocycles. The molecule has 19 heavy (non-hydrogen) atoms. The van der Waals surface area contributed by atoms with E-state index in [1.807, 2.05) is 19.1 Å². The Hall–Kier alpha value is -0.780. The van der Waals surface area contributed by atoms with Crippen molar-refractivity contribution >= 4 is 40.4 Å². The number of nitrogens with one attached hydrogen (secondary N) is 1. The molecule has 0 bridgehead atoms. The van der Waals surface area contributed by atoms with Crippen LogP contribution in [0.3, 0.4) is 0 Å². The summed E-state index contributed by atoms with van der Waals surface area (Å²) in [5, 5.41) is 3.31. The lowest BCUT2D eigenvalue weighted by atomic mass is 10.2. The standard InChI is InChI=1S/C13H12ClF2NS2/c1-8(11-6-7-12(14)19-11)17-9-2-4-10(5-3-9)18-13(15)16/h2-8,13,17H,1H3. The van der Waals surface area contributed by atoms with E-state index in [2.05, 4.69) is 5.32 Å². The Balaban J connectivity index is 1.99. The summed E-state index contributed by atoms with van der Waals surface area (Å²) in [7, 11) is 0. The van der Waals surface area contributed by atoms with Gasteiger partial charge in [0.2, 0.25) is 0 Å². The molecule has 0 saturated heterocycles.